The van der Waals surface area contributed by atoms with Crippen LogP contribution in [-0.2, 0) is 13.8 Å². The molecule has 5 atom stereocenters. The van der Waals surface area contributed by atoms with Crippen molar-refractivity contribution in [2.45, 2.75) is 30.7 Å². The molecule has 1 aliphatic rings. The van der Waals surface area contributed by atoms with Gasteiger partial charge >= 0.3 is 7.82 Å². The fourth-order valence-electron chi connectivity index (χ4n) is 1.24. The molecule has 96 valence electrons. The molecule has 0 aliphatic carbocycles. The number of phosphoric ester groups is 1. The average molecular weight is 266 g/mol. The number of aliphatic hydroxyl groups excluding tert-OH is 4. The Morgan fingerprint density at radius 2 is 1.62 bits per heavy atom. The lowest BCUT2D eigenvalue weighted by Gasteiger charge is -2.38. The second-order valence-corrected chi connectivity index (χ2v) is 4.56. The van der Waals surface area contributed by atoms with Crippen LogP contribution in [0.5, 0.6) is 0 Å². The van der Waals surface area contributed by atoms with Crippen molar-refractivity contribution in [1.29, 1.82) is 0 Å². The van der Waals surface area contributed by atoms with E-state index in [1.54, 1.807) is 0 Å². The lowest BCUT2D eigenvalue weighted by atomic mass is 10.9. The second-order valence-electron chi connectivity index (χ2n) is 3.32. The van der Waals surface area contributed by atoms with Crippen LogP contribution in [0.1, 0.15) is 0 Å². The Morgan fingerprint density at radius 3 is 2.12 bits per heavy atom. The van der Waals surface area contributed by atoms with Gasteiger partial charge in [0.05, 0.1) is 6.61 Å². The molecule has 1 aliphatic heterocycles. The molecule has 0 radical (unpaired) electrons. The van der Waals surface area contributed by atoms with E-state index >= 15 is 0 Å². The minimum atomic E-state index is -4.73. The van der Waals surface area contributed by atoms with Gasteiger partial charge < -0.3 is 34.9 Å². The van der Waals surface area contributed by atoms with Gasteiger partial charge in [-0.25, -0.2) is 4.57 Å². The standard InChI is InChI=1S/C6H13O9P/c7-3-2(1-14-16(11,12)13)15-6(10)5(9)4(3)8/h2-10H,1H2,(H2,11,12,13)/i1+1,2+1,3+1,4+1,5+1,6+1. The van der Waals surface area contributed by atoms with Gasteiger partial charge in [-0.3, -0.25) is 4.52 Å². The van der Waals surface area contributed by atoms with Crippen LogP contribution in [0, 0.1) is 0 Å². The van der Waals surface area contributed by atoms with Crippen LogP contribution in [-0.4, -0.2) is 67.5 Å². The van der Waals surface area contributed by atoms with Crippen LogP contribution in [0.15, 0.2) is 0 Å². The summed E-state index contributed by atoms with van der Waals surface area (Å²) in [6.45, 7) is -0.730. The van der Waals surface area contributed by atoms with Gasteiger partial charge in [0.15, 0.2) is 6.29 Å². The maximum absolute atomic E-state index is 10.4. The van der Waals surface area contributed by atoms with Crippen molar-refractivity contribution >= 4 is 7.82 Å². The lowest BCUT2D eigenvalue weighted by molar-refractivity contribution is -0.285. The van der Waals surface area contributed by atoms with Crippen molar-refractivity contribution in [2.24, 2.45) is 0 Å². The lowest BCUT2D eigenvalue weighted by Crippen LogP contribution is -2.58. The van der Waals surface area contributed by atoms with E-state index in [1.165, 1.54) is 0 Å². The molecule has 6 N–H and O–H groups in total. The van der Waals surface area contributed by atoms with Gasteiger partial charge in [-0.1, -0.05) is 0 Å². The molecule has 0 aromatic rings. The monoisotopic (exact) mass is 266 g/mol. The molecule has 0 saturated carbocycles. The summed E-state index contributed by atoms with van der Waals surface area (Å²) in [6, 6.07) is 0. The summed E-state index contributed by atoms with van der Waals surface area (Å²) >= 11 is 0. The minimum Gasteiger partial charge on any atom is -0.387 e. The Morgan fingerprint density at radius 1 is 1.06 bits per heavy atom. The molecule has 16 heavy (non-hydrogen) atoms. The Kier molecular flexibility index (Phi) is 4.41. The fraction of sp³-hybridized carbons (Fsp3) is 1.00. The first-order chi connectivity index (χ1) is 7.22. The summed E-state index contributed by atoms with van der Waals surface area (Å²) < 4.78 is 19.0. The van der Waals surface area contributed by atoms with Gasteiger partial charge in [0.25, 0.3) is 0 Å². The summed E-state index contributed by atoms with van der Waals surface area (Å²) in [4.78, 5) is 16.8. The summed E-state index contributed by atoms with van der Waals surface area (Å²) in [5.74, 6) is 0. The fourth-order valence-corrected chi connectivity index (χ4v) is 1.58. The van der Waals surface area contributed by atoms with Crippen LogP contribution >= 0.6 is 7.82 Å². The van der Waals surface area contributed by atoms with Crippen molar-refractivity contribution < 1.29 is 44.0 Å². The van der Waals surface area contributed by atoms with E-state index < -0.39 is 45.1 Å². The molecular weight excluding hydrogens is 253 g/mol. The first kappa shape index (κ1) is 14.0. The highest BCUT2D eigenvalue weighted by molar-refractivity contribution is 7.46. The molecule has 0 amide bonds. The van der Waals surface area contributed by atoms with E-state index in [2.05, 4.69) is 9.26 Å². The van der Waals surface area contributed by atoms with Gasteiger partial charge in [-0.2, -0.15) is 0 Å². The summed E-state index contributed by atoms with van der Waals surface area (Å²) in [5.41, 5.74) is 0. The second kappa shape index (κ2) is 5.05. The highest BCUT2D eigenvalue weighted by Crippen LogP contribution is 2.36. The Balaban J connectivity index is 2.57. The molecule has 0 spiro atoms. The third-order valence-corrected chi connectivity index (χ3v) is 2.58. The number of aliphatic hydroxyl groups is 4. The van der Waals surface area contributed by atoms with Gasteiger partial charge in [0.1, 0.15) is 24.4 Å². The number of phosphoric acid groups is 1. The van der Waals surface area contributed by atoms with Crippen LogP contribution in [0.4, 0.5) is 0 Å². The quantitative estimate of drug-likeness (QED) is 0.230. The van der Waals surface area contributed by atoms with E-state index in [0.29, 0.717) is 0 Å². The minimum absolute atomic E-state index is 0.730. The molecule has 1 rings (SSSR count). The van der Waals surface area contributed by atoms with E-state index in [-0.39, 0.29) is 0 Å². The van der Waals surface area contributed by atoms with Gasteiger partial charge in [-0.15, -0.1) is 0 Å². The highest BCUT2D eigenvalue weighted by atomic mass is 31.2. The Labute approximate surface area is 90.1 Å². The molecule has 1 heterocycles. The molecule has 1 saturated heterocycles. The van der Waals surface area contributed by atoms with Gasteiger partial charge in [-0.05, 0) is 0 Å². The third kappa shape index (κ3) is 3.45. The van der Waals surface area contributed by atoms with Crippen LogP contribution in [0.3, 0.4) is 0 Å². The largest absolute Gasteiger partial charge is 0.469 e. The Bertz CT molecular complexity index is 277. The molecule has 5 unspecified atom stereocenters. The zero-order valence-corrected chi connectivity index (χ0v) is 8.84. The zero-order valence-electron chi connectivity index (χ0n) is 7.95. The molecule has 9 nitrogen and oxygen atoms in total. The van der Waals surface area contributed by atoms with Gasteiger partial charge in [0.2, 0.25) is 0 Å². The summed E-state index contributed by atoms with van der Waals surface area (Å²) in [7, 11) is -4.73. The van der Waals surface area contributed by atoms with E-state index in [4.69, 9.17) is 20.0 Å². The first-order valence-corrected chi connectivity index (χ1v) is 5.83. The number of hydrogen-bond donors (Lipinski definition) is 6. The molecule has 0 aromatic carbocycles. The van der Waals surface area contributed by atoms with Crippen molar-refractivity contribution in [3.8, 4) is 0 Å². The molecule has 10 heteroatoms. The smallest absolute Gasteiger partial charge is 0.387 e. The van der Waals surface area contributed by atoms with Crippen LogP contribution < -0.4 is 0 Å². The normalized spacial score (nSPS) is 41.0. The SMILES string of the molecule is O=P(O)(O)O[13CH2][13CH]1O[13CH](O)[13CH](O)[13CH](O)[13CH]1O. The predicted octanol–water partition coefficient (Wildman–Crippen LogP) is -3.10. The van der Waals surface area contributed by atoms with Crippen molar-refractivity contribution in [1.82, 2.24) is 0 Å². The van der Waals surface area contributed by atoms with E-state index in [9.17, 15) is 14.8 Å². The number of ether oxygens (including phenoxy) is 1. The van der Waals surface area contributed by atoms with Gasteiger partial charge in [0, 0.05) is 0 Å². The molecule has 0 aromatic heterocycles. The van der Waals surface area contributed by atoms with Crippen LogP contribution in [0.25, 0.3) is 0 Å². The van der Waals surface area contributed by atoms with Crippen molar-refractivity contribution in [3.05, 3.63) is 0 Å². The third-order valence-electron chi connectivity index (χ3n) is 2.09. The maximum atomic E-state index is 10.4. The predicted molar refractivity (Wildman–Crippen MR) is 46.9 cm³/mol. The van der Waals surface area contributed by atoms with Crippen molar-refractivity contribution in [3.63, 3.8) is 0 Å². The maximum Gasteiger partial charge on any atom is 0.469 e. The summed E-state index contributed by atoms with van der Waals surface area (Å²) in [6.07, 6.45) is -8.11. The first-order valence-electron chi connectivity index (χ1n) is 4.30. The number of rotatable bonds is 3. The molecular formula is C6H13O9P. The molecule has 1 fully saturated rings. The zero-order chi connectivity index (χ0) is 12.5. The van der Waals surface area contributed by atoms with E-state index in [1.807, 2.05) is 0 Å². The van der Waals surface area contributed by atoms with E-state index in [0.717, 1.165) is 0 Å². The average Bonchev–Trinajstić information content (AvgIpc) is 2.17. The van der Waals surface area contributed by atoms with Crippen molar-refractivity contribution in [2.75, 3.05) is 6.61 Å². The Hall–Kier alpha value is -0.0900. The van der Waals surface area contributed by atoms with Crippen LogP contribution in [0.2, 0.25) is 0 Å². The highest BCUT2D eigenvalue weighted by Gasteiger charge is 2.43. The summed E-state index contributed by atoms with van der Waals surface area (Å²) in [5, 5.41) is 36.7. The molecule has 0 bridgehead atoms. The topological polar surface area (TPSA) is 157 Å². The number of hydrogen-bond acceptors (Lipinski definition) is 7.